The Bertz CT molecular complexity index is 736. The van der Waals surface area contributed by atoms with E-state index >= 15 is 0 Å². The predicted octanol–water partition coefficient (Wildman–Crippen LogP) is 2.72. The summed E-state index contributed by atoms with van der Waals surface area (Å²) in [7, 11) is 3.33. The van der Waals surface area contributed by atoms with Crippen molar-refractivity contribution in [1.82, 2.24) is 15.2 Å². The Morgan fingerprint density at radius 1 is 1.08 bits per heavy atom. The van der Waals surface area contributed by atoms with E-state index in [0.29, 0.717) is 11.3 Å². The molecule has 6 heteroatoms. The molecule has 1 aromatic heterocycles. The number of hydrogen-bond donors (Lipinski definition) is 2. The zero-order valence-electron chi connectivity index (χ0n) is 14.4. The molecule has 2 aromatic rings. The standard InChI is InChI=1S/C18H22N4O2/c1-12-7-13(2)9-15(8-12)21-17(23)14-5-6-19-16(10-14)11-20-18(24)22(3)4/h5-10H,11H2,1-4H3,(H,20,24)(H,21,23). The number of anilines is 1. The molecular formula is C18H22N4O2. The van der Waals surface area contributed by atoms with Gasteiger partial charge in [-0.1, -0.05) is 6.07 Å². The molecule has 0 aliphatic carbocycles. The molecule has 0 atom stereocenters. The first-order valence-electron chi connectivity index (χ1n) is 7.65. The van der Waals surface area contributed by atoms with E-state index < -0.39 is 0 Å². The predicted molar refractivity (Wildman–Crippen MR) is 94.0 cm³/mol. The molecule has 0 fully saturated rings. The van der Waals surface area contributed by atoms with Crippen LogP contribution in [0.25, 0.3) is 0 Å². The average molecular weight is 326 g/mol. The minimum absolute atomic E-state index is 0.206. The minimum Gasteiger partial charge on any atom is -0.332 e. The number of aryl methyl sites for hydroxylation is 2. The van der Waals surface area contributed by atoms with Gasteiger partial charge in [-0.3, -0.25) is 9.78 Å². The van der Waals surface area contributed by atoms with Crippen LogP contribution in [0.2, 0.25) is 0 Å². The minimum atomic E-state index is -0.207. The number of hydrogen-bond acceptors (Lipinski definition) is 3. The fourth-order valence-electron chi connectivity index (χ4n) is 2.29. The summed E-state index contributed by atoms with van der Waals surface area (Å²) >= 11 is 0. The van der Waals surface area contributed by atoms with Crippen LogP contribution in [0.1, 0.15) is 27.2 Å². The lowest BCUT2D eigenvalue weighted by Crippen LogP contribution is -2.34. The number of benzene rings is 1. The molecule has 2 N–H and O–H groups in total. The Morgan fingerprint density at radius 2 is 1.75 bits per heavy atom. The SMILES string of the molecule is Cc1cc(C)cc(NC(=O)c2ccnc(CNC(=O)N(C)C)c2)c1. The summed E-state index contributed by atoms with van der Waals surface area (Å²) in [5.41, 5.74) is 4.06. The fraction of sp³-hybridized carbons (Fsp3) is 0.278. The van der Waals surface area contributed by atoms with Crippen molar-refractivity contribution < 1.29 is 9.59 Å². The summed E-state index contributed by atoms with van der Waals surface area (Å²) in [6, 6.07) is 9.01. The summed E-state index contributed by atoms with van der Waals surface area (Å²) in [5, 5.41) is 5.61. The lowest BCUT2D eigenvalue weighted by Gasteiger charge is -2.12. The molecule has 24 heavy (non-hydrogen) atoms. The monoisotopic (exact) mass is 326 g/mol. The number of pyridine rings is 1. The van der Waals surface area contributed by atoms with Crippen LogP contribution in [-0.4, -0.2) is 35.9 Å². The van der Waals surface area contributed by atoms with Crippen LogP contribution in [0.3, 0.4) is 0 Å². The number of urea groups is 1. The number of nitrogens with one attached hydrogen (secondary N) is 2. The third kappa shape index (κ3) is 4.81. The van der Waals surface area contributed by atoms with Crippen molar-refractivity contribution in [3.63, 3.8) is 0 Å². The molecule has 0 unspecified atom stereocenters. The second-order valence-electron chi connectivity index (χ2n) is 5.92. The van der Waals surface area contributed by atoms with Crippen LogP contribution in [0.5, 0.6) is 0 Å². The summed E-state index contributed by atoms with van der Waals surface area (Å²) in [6.45, 7) is 4.24. The van der Waals surface area contributed by atoms with Crippen LogP contribution < -0.4 is 10.6 Å². The Kier molecular flexibility index (Phi) is 5.52. The quantitative estimate of drug-likeness (QED) is 0.907. The molecule has 3 amide bonds. The summed E-state index contributed by atoms with van der Waals surface area (Å²) < 4.78 is 0. The Balaban J connectivity index is 2.07. The molecule has 0 bridgehead atoms. The summed E-state index contributed by atoms with van der Waals surface area (Å²) in [5.74, 6) is -0.206. The number of carbonyl (C=O) groups is 2. The van der Waals surface area contributed by atoms with Crippen LogP contribution in [0, 0.1) is 13.8 Å². The zero-order valence-corrected chi connectivity index (χ0v) is 14.4. The van der Waals surface area contributed by atoms with Gasteiger partial charge in [0.05, 0.1) is 12.2 Å². The zero-order chi connectivity index (χ0) is 17.7. The smallest absolute Gasteiger partial charge is 0.317 e. The van der Waals surface area contributed by atoms with Crippen molar-refractivity contribution in [2.45, 2.75) is 20.4 Å². The number of rotatable bonds is 4. The highest BCUT2D eigenvalue weighted by Gasteiger charge is 2.09. The largest absolute Gasteiger partial charge is 0.332 e. The van der Waals surface area contributed by atoms with Gasteiger partial charge in [0.15, 0.2) is 0 Å². The van der Waals surface area contributed by atoms with E-state index in [-0.39, 0.29) is 18.5 Å². The molecule has 126 valence electrons. The van der Waals surface area contributed by atoms with Gasteiger partial charge in [-0.25, -0.2) is 4.79 Å². The van der Waals surface area contributed by atoms with Crippen molar-refractivity contribution in [3.8, 4) is 0 Å². The lowest BCUT2D eigenvalue weighted by atomic mass is 10.1. The van der Waals surface area contributed by atoms with E-state index in [2.05, 4.69) is 15.6 Å². The highest BCUT2D eigenvalue weighted by molar-refractivity contribution is 6.04. The fourth-order valence-corrected chi connectivity index (χ4v) is 2.29. The van der Waals surface area contributed by atoms with Crippen LogP contribution >= 0.6 is 0 Å². The third-order valence-corrected chi connectivity index (χ3v) is 3.39. The molecule has 1 aromatic carbocycles. The molecular weight excluding hydrogens is 304 g/mol. The van der Waals surface area contributed by atoms with E-state index in [1.54, 1.807) is 32.4 Å². The first-order valence-corrected chi connectivity index (χ1v) is 7.65. The summed E-state index contributed by atoms with van der Waals surface area (Å²) in [4.78, 5) is 29.6. The molecule has 0 aliphatic rings. The van der Waals surface area contributed by atoms with Crippen molar-refractivity contribution >= 4 is 17.6 Å². The molecule has 0 spiro atoms. The molecule has 0 aliphatic heterocycles. The molecule has 2 rings (SSSR count). The number of aromatic nitrogens is 1. The van der Waals surface area contributed by atoms with Crippen molar-refractivity contribution in [2.75, 3.05) is 19.4 Å². The van der Waals surface area contributed by atoms with Crippen LogP contribution in [0.4, 0.5) is 10.5 Å². The van der Waals surface area contributed by atoms with Gasteiger partial charge >= 0.3 is 6.03 Å². The van der Waals surface area contributed by atoms with Gasteiger partial charge in [0.25, 0.3) is 5.91 Å². The second-order valence-corrected chi connectivity index (χ2v) is 5.92. The highest BCUT2D eigenvalue weighted by atomic mass is 16.2. The molecule has 0 saturated carbocycles. The van der Waals surface area contributed by atoms with E-state index in [1.807, 2.05) is 32.0 Å². The molecule has 1 heterocycles. The third-order valence-electron chi connectivity index (χ3n) is 3.39. The number of amides is 3. The van der Waals surface area contributed by atoms with E-state index in [4.69, 9.17) is 0 Å². The molecule has 0 saturated heterocycles. The van der Waals surface area contributed by atoms with Crippen molar-refractivity contribution in [3.05, 3.63) is 58.9 Å². The second kappa shape index (κ2) is 7.59. The number of carbonyl (C=O) groups excluding carboxylic acids is 2. The maximum absolute atomic E-state index is 12.4. The van der Waals surface area contributed by atoms with Gasteiger partial charge in [-0.15, -0.1) is 0 Å². The van der Waals surface area contributed by atoms with Crippen LogP contribution in [-0.2, 0) is 6.54 Å². The van der Waals surface area contributed by atoms with Gasteiger partial charge in [0, 0.05) is 31.5 Å². The molecule has 6 nitrogen and oxygen atoms in total. The van der Waals surface area contributed by atoms with E-state index in [0.717, 1.165) is 16.8 Å². The van der Waals surface area contributed by atoms with Crippen LogP contribution in [0.15, 0.2) is 36.5 Å². The topological polar surface area (TPSA) is 74.3 Å². The summed E-state index contributed by atoms with van der Waals surface area (Å²) in [6.07, 6.45) is 1.56. The van der Waals surface area contributed by atoms with E-state index in [9.17, 15) is 9.59 Å². The number of nitrogens with zero attached hydrogens (tertiary/aromatic N) is 2. The Labute approximate surface area is 141 Å². The van der Waals surface area contributed by atoms with Crippen molar-refractivity contribution in [1.29, 1.82) is 0 Å². The van der Waals surface area contributed by atoms with Gasteiger partial charge < -0.3 is 15.5 Å². The van der Waals surface area contributed by atoms with Crippen molar-refractivity contribution in [2.24, 2.45) is 0 Å². The lowest BCUT2D eigenvalue weighted by molar-refractivity contribution is 0.102. The maximum atomic E-state index is 12.4. The van der Waals surface area contributed by atoms with Gasteiger partial charge in [-0.2, -0.15) is 0 Å². The average Bonchev–Trinajstić information content (AvgIpc) is 2.51. The van der Waals surface area contributed by atoms with Gasteiger partial charge in [-0.05, 0) is 49.2 Å². The normalized spacial score (nSPS) is 10.2. The van der Waals surface area contributed by atoms with Gasteiger partial charge in [0.1, 0.15) is 0 Å². The first-order chi connectivity index (χ1) is 11.3. The Morgan fingerprint density at radius 3 is 2.38 bits per heavy atom. The molecule has 0 radical (unpaired) electrons. The highest BCUT2D eigenvalue weighted by Crippen LogP contribution is 2.15. The first kappa shape index (κ1) is 17.5. The van der Waals surface area contributed by atoms with E-state index in [1.165, 1.54) is 4.90 Å². The Hall–Kier alpha value is -2.89. The maximum Gasteiger partial charge on any atom is 0.317 e. The van der Waals surface area contributed by atoms with Gasteiger partial charge in [0.2, 0.25) is 0 Å².